The van der Waals surface area contributed by atoms with Crippen LogP contribution in [0.5, 0.6) is 0 Å². The van der Waals surface area contributed by atoms with Gasteiger partial charge in [0.2, 0.25) is 0 Å². The number of amides is 2. The van der Waals surface area contributed by atoms with Crippen molar-refractivity contribution in [1.82, 2.24) is 10.6 Å². The molecule has 0 aromatic heterocycles. The minimum Gasteiger partial charge on any atom is -0.351 e. The molecule has 2 amide bonds. The molecule has 31 heavy (non-hydrogen) atoms. The molecule has 0 spiro atoms. The first-order valence-corrected chi connectivity index (χ1v) is 9.63. The Labute approximate surface area is 178 Å². The van der Waals surface area contributed by atoms with Gasteiger partial charge in [-0.15, -0.1) is 0 Å². The van der Waals surface area contributed by atoms with Crippen LogP contribution in [0.25, 0.3) is 5.70 Å². The molecule has 156 valence electrons. The van der Waals surface area contributed by atoms with Gasteiger partial charge in [0.1, 0.15) is 17.5 Å². The van der Waals surface area contributed by atoms with Gasteiger partial charge in [0.25, 0.3) is 17.5 Å². The molecular formula is C22H19N5O4. The largest absolute Gasteiger partial charge is 0.351 e. The fourth-order valence-electron chi connectivity index (χ4n) is 3.03. The molecule has 0 atom stereocenters. The van der Waals surface area contributed by atoms with Crippen molar-refractivity contribution in [3.63, 3.8) is 0 Å². The summed E-state index contributed by atoms with van der Waals surface area (Å²) in [5.74, 6) is -0.962. The van der Waals surface area contributed by atoms with Crippen LogP contribution in [-0.4, -0.2) is 29.1 Å². The van der Waals surface area contributed by atoms with Gasteiger partial charge in [-0.1, -0.05) is 43.7 Å². The van der Waals surface area contributed by atoms with Crippen molar-refractivity contribution >= 4 is 29.0 Å². The molecule has 3 rings (SSSR count). The highest BCUT2D eigenvalue weighted by Crippen LogP contribution is 2.30. The molecule has 9 heteroatoms. The third-order valence-electron chi connectivity index (χ3n) is 4.60. The van der Waals surface area contributed by atoms with E-state index in [2.05, 4.69) is 15.6 Å². The van der Waals surface area contributed by atoms with Crippen LogP contribution in [0.3, 0.4) is 0 Å². The minimum absolute atomic E-state index is 0.0876. The number of unbranched alkanes of at least 4 members (excludes halogenated alkanes) is 1. The van der Waals surface area contributed by atoms with E-state index < -0.39 is 16.7 Å². The van der Waals surface area contributed by atoms with Crippen LogP contribution in [0.15, 0.2) is 59.1 Å². The van der Waals surface area contributed by atoms with Crippen molar-refractivity contribution in [3.05, 3.63) is 80.9 Å². The first kappa shape index (κ1) is 21.4. The standard InChI is InChI=1S/C22H19N5O4/c1-2-3-11-24-22(29)18(13-23)19-16-9-4-5-10-17(16)20(25-19)26-21(28)14-7-6-8-15(12-14)27(30)31/h4-10,12H,2-3,11H2,1H3,(H,24,29)(H,25,26,28). The van der Waals surface area contributed by atoms with Gasteiger partial charge in [-0.05, 0) is 12.5 Å². The van der Waals surface area contributed by atoms with Crippen molar-refractivity contribution < 1.29 is 14.5 Å². The second-order valence-corrected chi connectivity index (χ2v) is 6.71. The molecule has 1 aliphatic heterocycles. The number of carbonyl (C=O) groups excluding carboxylic acids is 2. The number of benzene rings is 2. The summed E-state index contributed by atoms with van der Waals surface area (Å²) in [5, 5.41) is 25.9. The lowest BCUT2D eigenvalue weighted by Gasteiger charge is -2.06. The molecule has 1 heterocycles. The van der Waals surface area contributed by atoms with Gasteiger partial charge < -0.3 is 10.6 Å². The summed E-state index contributed by atoms with van der Waals surface area (Å²) in [6, 6.07) is 14.1. The van der Waals surface area contributed by atoms with Crippen molar-refractivity contribution in [2.45, 2.75) is 19.8 Å². The average Bonchev–Trinajstić information content (AvgIpc) is 3.13. The maximum atomic E-state index is 12.7. The number of nitrogens with zero attached hydrogens (tertiary/aromatic N) is 3. The normalized spacial score (nSPS) is 13.5. The molecule has 9 nitrogen and oxygen atoms in total. The molecule has 0 unspecified atom stereocenters. The van der Waals surface area contributed by atoms with Gasteiger partial charge in [-0.2, -0.15) is 5.26 Å². The number of nitriles is 1. The van der Waals surface area contributed by atoms with Crippen LogP contribution >= 0.6 is 0 Å². The lowest BCUT2D eigenvalue weighted by Crippen LogP contribution is -2.30. The second kappa shape index (κ2) is 9.45. The number of rotatable bonds is 6. The molecule has 2 aromatic rings. The Morgan fingerprint density at radius 1 is 1.16 bits per heavy atom. The van der Waals surface area contributed by atoms with E-state index in [1.807, 2.05) is 13.0 Å². The van der Waals surface area contributed by atoms with Gasteiger partial charge >= 0.3 is 0 Å². The number of aliphatic imine (C=N–C) groups is 1. The summed E-state index contributed by atoms with van der Waals surface area (Å²) in [5.41, 5.74) is 0.983. The second-order valence-electron chi connectivity index (χ2n) is 6.71. The monoisotopic (exact) mass is 417 g/mol. The van der Waals surface area contributed by atoms with Crippen molar-refractivity contribution in [2.75, 3.05) is 6.54 Å². The highest BCUT2D eigenvalue weighted by molar-refractivity contribution is 6.20. The van der Waals surface area contributed by atoms with Crippen molar-refractivity contribution in [1.29, 1.82) is 5.26 Å². The number of nitrogens with one attached hydrogen (secondary N) is 2. The summed E-state index contributed by atoms with van der Waals surface area (Å²) in [6.45, 7) is 2.43. The zero-order chi connectivity index (χ0) is 22.4. The van der Waals surface area contributed by atoms with E-state index in [1.54, 1.807) is 24.3 Å². The third kappa shape index (κ3) is 4.64. The van der Waals surface area contributed by atoms with Gasteiger partial charge in [-0.3, -0.25) is 19.7 Å². The van der Waals surface area contributed by atoms with Crippen molar-refractivity contribution in [3.8, 4) is 6.07 Å². The zero-order valence-electron chi connectivity index (χ0n) is 16.7. The summed E-state index contributed by atoms with van der Waals surface area (Å²) in [7, 11) is 0. The number of non-ortho nitro benzene ring substituents is 1. The maximum absolute atomic E-state index is 12.7. The molecule has 0 bridgehead atoms. The summed E-state index contributed by atoms with van der Waals surface area (Å²) >= 11 is 0. The first-order chi connectivity index (χ1) is 15.0. The molecular weight excluding hydrogens is 398 g/mol. The van der Waals surface area contributed by atoms with Gasteiger partial charge in [0.05, 0.1) is 10.6 Å². The molecule has 0 fully saturated rings. The van der Waals surface area contributed by atoms with Crippen LogP contribution in [0.1, 0.15) is 41.3 Å². The van der Waals surface area contributed by atoms with E-state index in [9.17, 15) is 25.0 Å². The minimum atomic E-state index is -0.593. The molecule has 2 aromatic carbocycles. The summed E-state index contributed by atoms with van der Waals surface area (Å²) < 4.78 is 0. The van der Waals surface area contributed by atoms with E-state index >= 15 is 0 Å². The summed E-state index contributed by atoms with van der Waals surface area (Å²) in [4.78, 5) is 39.9. The number of carbonyl (C=O) groups is 2. The van der Waals surface area contributed by atoms with E-state index in [1.165, 1.54) is 18.2 Å². The Morgan fingerprint density at radius 2 is 1.90 bits per heavy atom. The maximum Gasteiger partial charge on any atom is 0.270 e. The predicted octanol–water partition coefficient (Wildman–Crippen LogP) is 2.94. The molecule has 1 aliphatic rings. The van der Waals surface area contributed by atoms with E-state index in [0.717, 1.165) is 18.9 Å². The van der Waals surface area contributed by atoms with Gasteiger partial charge in [0, 0.05) is 35.4 Å². The van der Waals surface area contributed by atoms with Crippen LogP contribution in [0.4, 0.5) is 5.69 Å². The Balaban J connectivity index is 1.95. The van der Waals surface area contributed by atoms with Gasteiger partial charge in [0.15, 0.2) is 0 Å². The molecule has 0 aliphatic carbocycles. The average molecular weight is 417 g/mol. The van der Waals surface area contributed by atoms with Crippen LogP contribution in [0, 0.1) is 21.4 Å². The molecule has 0 saturated heterocycles. The third-order valence-corrected chi connectivity index (χ3v) is 4.60. The fraction of sp³-hybridized carbons (Fsp3) is 0.182. The number of nitro benzene ring substituents is 1. The fourth-order valence-corrected chi connectivity index (χ4v) is 3.03. The Kier molecular flexibility index (Phi) is 6.52. The first-order valence-electron chi connectivity index (χ1n) is 9.63. The lowest BCUT2D eigenvalue weighted by molar-refractivity contribution is -0.384. The van der Waals surface area contributed by atoms with E-state index in [4.69, 9.17) is 0 Å². The van der Waals surface area contributed by atoms with Crippen LogP contribution in [-0.2, 0) is 4.79 Å². The Hall–Kier alpha value is -4.32. The molecule has 0 saturated carbocycles. The highest BCUT2D eigenvalue weighted by Gasteiger charge is 2.27. The van der Waals surface area contributed by atoms with E-state index in [0.29, 0.717) is 17.7 Å². The quantitative estimate of drug-likeness (QED) is 0.245. The number of fused-ring (bicyclic) bond motifs is 1. The number of nitro groups is 1. The van der Waals surface area contributed by atoms with E-state index in [-0.39, 0.29) is 28.4 Å². The highest BCUT2D eigenvalue weighted by atomic mass is 16.6. The predicted molar refractivity (Wildman–Crippen MR) is 114 cm³/mol. The lowest BCUT2D eigenvalue weighted by atomic mass is 10.0. The van der Waals surface area contributed by atoms with Crippen LogP contribution in [0.2, 0.25) is 0 Å². The van der Waals surface area contributed by atoms with Crippen molar-refractivity contribution in [2.24, 2.45) is 4.99 Å². The number of hydrogen-bond acceptors (Lipinski definition) is 6. The molecule has 2 N–H and O–H groups in total. The Bertz CT molecular complexity index is 1160. The number of amidine groups is 1. The summed E-state index contributed by atoms with van der Waals surface area (Å²) in [6.07, 6.45) is 1.68. The smallest absolute Gasteiger partial charge is 0.270 e. The topological polar surface area (TPSA) is 137 Å². The Morgan fingerprint density at radius 3 is 2.58 bits per heavy atom. The zero-order valence-corrected chi connectivity index (χ0v) is 16.7. The number of hydrogen-bond donors (Lipinski definition) is 2. The SMILES string of the molecule is CCCCNC(=O)C(C#N)=C1N=C(NC(=O)c2cccc([N+](=O)[O-])c2)c2ccccc21. The molecule has 0 radical (unpaired) electrons. The van der Waals surface area contributed by atoms with Crippen LogP contribution < -0.4 is 10.6 Å². The van der Waals surface area contributed by atoms with Gasteiger partial charge in [-0.25, -0.2) is 4.99 Å².